The summed E-state index contributed by atoms with van der Waals surface area (Å²) in [5.41, 5.74) is 0.364. The van der Waals surface area contributed by atoms with E-state index >= 15 is 0 Å². The number of hydrogen-bond donors (Lipinski definition) is 1. The highest BCUT2D eigenvalue weighted by atomic mass is 16.5. The van der Waals surface area contributed by atoms with Crippen LogP contribution in [-0.4, -0.2) is 39.5 Å². The molecular weight excluding hydrogens is 214 g/mol. The monoisotopic (exact) mass is 243 g/mol. The summed E-state index contributed by atoms with van der Waals surface area (Å²) < 4.78 is 10.9. The predicted octanol–water partition coefficient (Wildman–Crippen LogP) is 2.60. The summed E-state index contributed by atoms with van der Waals surface area (Å²) in [6.07, 6.45) is 6.48. The van der Waals surface area contributed by atoms with Crippen LogP contribution in [0.4, 0.5) is 0 Å². The lowest BCUT2D eigenvalue weighted by Crippen LogP contribution is -2.39. The van der Waals surface area contributed by atoms with Gasteiger partial charge in [0.15, 0.2) is 0 Å². The van der Waals surface area contributed by atoms with Crippen LogP contribution in [0, 0.1) is 5.41 Å². The van der Waals surface area contributed by atoms with Crippen LogP contribution in [0.1, 0.15) is 46.0 Å². The van der Waals surface area contributed by atoms with Crippen molar-refractivity contribution in [2.75, 3.05) is 33.4 Å². The summed E-state index contributed by atoms with van der Waals surface area (Å²) in [5.74, 6) is 0. The largest absolute Gasteiger partial charge is 0.385 e. The van der Waals surface area contributed by atoms with E-state index in [9.17, 15) is 0 Å². The summed E-state index contributed by atoms with van der Waals surface area (Å²) in [6.45, 7) is 8.48. The number of unbranched alkanes of at least 4 members (excludes halogenated alkanes) is 1. The molecule has 1 aliphatic heterocycles. The molecule has 0 radical (unpaired) electrons. The summed E-state index contributed by atoms with van der Waals surface area (Å²) in [6, 6.07) is 0. The second-order valence-corrected chi connectivity index (χ2v) is 5.25. The van der Waals surface area contributed by atoms with Gasteiger partial charge >= 0.3 is 0 Å². The molecular formula is C14H29NO2. The van der Waals surface area contributed by atoms with Crippen molar-refractivity contribution in [2.45, 2.75) is 52.1 Å². The van der Waals surface area contributed by atoms with Crippen LogP contribution in [0.5, 0.6) is 0 Å². The minimum atomic E-state index is 0.364. The van der Waals surface area contributed by atoms with Gasteiger partial charge in [-0.05, 0) is 39.2 Å². The molecule has 0 spiro atoms. The number of rotatable bonds is 9. The molecule has 1 saturated heterocycles. The molecule has 1 N–H and O–H groups in total. The van der Waals surface area contributed by atoms with E-state index in [1.807, 2.05) is 0 Å². The molecule has 3 heteroatoms. The van der Waals surface area contributed by atoms with Gasteiger partial charge in [0.2, 0.25) is 0 Å². The van der Waals surface area contributed by atoms with E-state index in [0.29, 0.717) is 11.5 Å². The molecule has 0 aromatic heterocycles. The van der Waals surface area contributed by atoms with Crippen molar-refractivity contribution >= 4 is 0 Å². The lowest BCUT2D eigenvalue weighted by Gasteiger charge is -2.32. The SMILES string of the molecule is CCCNCC1(CCCCOC)CCOC1C. The third-order valence-corrected chi connectivity index (χ3v) is 4.01. The molecule has 1 fully saturated rings. The number of methoxy groups -OCH3 is 1. The first-order valence-electron chi connectivity index (χ1n) is 7.06. The molecule has 2 atom stereocenters. The van der Waals surface area contributed by atoms with E-state index in [2.05, 4.69) is 19.2 Å². The zero-order chi connectivity index (χ0) is 12.6. The lowest BCUT2D eigenvalue weighted by atomic mass is 9.77. The van der Waals surface area contributed by atoms with Crippen LogP contribution in [0.25, 0.3) is 0 Å². The van der Waals surface area contributed by atoms with E-state index in [1.165, 1.54) is 32.1 Å². The molecule has 3 nitrogen and oxygen atoms in total. The van der Waals surface area contributed by atoms with Crippen LogP contribution in [0.2, 0.25) is 0 Å². The summed E-state index contributed by atoms with van der Waals surface area (Å²) >= 11 is 0. The van der Waals surface area contributed by atoms with Gasteiger partial charge in [-0.3, -0.25) is 0 Å². The summed E-state index contributed by atoms with van der Waals surface area (Å²) in [5, 5.41) is 3.58. The van der Waals surface area contributed by atoms with Crippen LogP contribution in [0.3, 0.4) is 0 Å². The topological polar surface area (TPSA) is 30.5 Å². The van der Waals surface area contributed by atoms with E-state index in [-0.39, 0.29) is 0 Å². The van der Waals surface area contributed by atoms with Crippen LogP contribution < -0.4 is 5.32 Å². The first-order chi connectivity index (χ1) is 8.25. The van der Waals surface area contributed by atoms with Gasteiger partial charge in [-0.15, -0.1) is 0 Å². The molecule has 1 aliphatic rings. The fraction of sp³-hybridized carbons (Fsp3) is 1.00. The number of nitrogens with one attached hydrogen (secondary N) is 1. The first kappa shape index (κ1) is 14.9. The standard InChI is InChI=1S/C14H29NO2/c1-4-9-15-12-14(7-5-6-10-16-3)8-11-17-13(14)2/h13,15H,4-12H2,1-3H3. The highest BCUT2D eigenvalue weighted by Crippen LogP contribution is 2.39. The molecule has 0 aromatic rings. The van der Waals surface area contributed by atoms with E-state index in [4.69, 9.17) is 9.47 Å². The Morgan fingerprint density at radius 2 is 2.24 bits per heavy atom. The van der Waals surface area contributed by atoms with Crippen LogP contribution in [-0.2, 0) is 9.47 Å². The minimum absolute atomic E-state index is 0.364. The van der Waals surface area contributed by atoms with Crippen molar-refractivity contribution in [3.63, 3.8) is 0 Å². The molecule has 0 saturated carbocycles. The molecule has 17 heavy (non-hydrogen) atoms. The van der Waals surface area contributed by atoms with Gasteiger partial charge in [-0.1, -0.05) is 13.3 Å². The molecule has 0 aliphatic carbocycles. The molecule has 2 unspecified atom stereocenters. The Morgan fingerprint density at radius 1 is 1.41 bits per heavy atom. The molecule has 0 aromatic carbocycles. The van der Waals surface area contributed by atoms with E-state index < -0.39 is 0 Å². The fourth-order valence-electron chi connectivity index (χ4n) is 2.71. The third kappa shape index (κ3) is 4.57. The van der Waals surface area contributed by atoms with Crippen molar-refractivity contribution in [3.05, 3.63) is 0 Å². The normalized spacial score (nSPS) is 28.8. The van der Waals surface area contributed by atoms with Crippen molar-refractivity contribution in [3.8, 4) is 0 Å². The van der Waals surface area contributed by atoms with Crippen molar-refractivity contribution in [1.82, 2.24) is 5.32 Å². The molecule has 0 amide bonds. The molecule has 1 heterocycles. The van der Waals surface area contributed by atoms with Crippen molar-refractivity contribution in [2.24, 2.45) is 5.41 Å². The van der Waals surface area contributed by atoms with Gasteiger partial charge in [-0.2, -0.15) is 0 Å². The maximum Gasteiger partial charge on any atom is 0.0616 e. The van der Waals surface area contributed by atoms with Crippen molar-refractivity contribution < 1.29 is 9.47 Å². The third-order valence-electron chi connectivity index (χ3n) is 4.01. The molecule has 1 rings (SSSR count). The minimum Gasteiger partial charge on any atom is -0.385 e. The van der Waals surface area contributed by atoms with E-state index in [1.54, 1.807) is 7.11 Å². The first-order valence-corrected chi connectivity index (χ1v) is 7.06. The van der Waals surface area contributed by atoms with Gasteiger partial charge in [0, 0.05) is 32.3 Å². The number of hydrogen-bond acceptors (Lipinski definition) is 3. The van der Waals surface area contributed by atoms with Gasteiger partial charge in [0.1, 0.15) is 0 Å². The van der Waals surface area contributed by atoms with Gasteiger partial charge in [-0.25, -0.2) is 0 Å². The quantitative estimate of drug-likeness (QED) is 0.631. The lowest BCUT2D eigenvalue weighted by molar-refractivity contribution is 0.0558. The maximum absolute atomic E-state index is 5.79. The Kier molecular flexibility index (Phi) is 7.09. The Balaban J connectivity index is 2.36. The van der Waals surface area contributed by atoms with Gasteiger partial charge < -0.3 is 14.8 Å². The second-order valence-electron chi connectivity index (χ2n) is 5.25. The van der Waals surface area contributed by atoms with Gasteiger partial charge in [0.05, 0.1) is 6.10 Å². The predicted molar refractivity (Wildman–Crippen MR) is 71.4 cm³/mol. The Bertz CT molecular complexity index is 199. The zero-order valence-electron chi connectivity index (χ0n) is 11.8. The van der Waals surface area contributed by atoms with Crippen LogP contribution in [0.15, 0.2) is 0 Å². The van der Waals surface area contributed by atoms with E-state index in [0.717, 1.165) is 26.3 Å². The Labute approximate surface area is 106 Å². The average Bonchev–Trinajstić information content (AvgIpc) is 2.68. The average molecular weight is 243 g/mol. The number of ether oxygens (including phenoxy) is 2. The molecule has 0 bridgehead atoms. The summed E-state index contributed by atoms with van der Waals surface area (Å²) in [7, 11) is 1.78. The zero-order valence-corrected chi connectivity index (χ0v) is 11.8. The van der Waals surface area contributed by atoms with Gasteiger partial charge in [0.25, 0.3) is 0 Å². The second kappa shape index (κ2) is 8.06. The van der Waals surface area contributed by atoms with Crippen molar-refractivity contribution in [1.29, 1.82) is 0 Å². The summed E-state index contributed by atoms with van der Waals surface area (Å²) in [4.78, 5) is 0. The highest BCUT2D eigenvalue weighted by Gasteiger charge is 2.40. The Morgan fingerprint density at radius 3 is 2.82 bits per heavy atom. The molecule has 102 valence electrons. The Hall–Kier alpha value is -0.120. The fourth-order valence-corrected chi connectivity index (χ4v) is 2.71. The highest BCUT2D eigenvalue weighted by molar-refractivity contribution is 4.91. The maximum atomic E-state index is 5.79. The van der Waals surface area contributed by atoms with Crippen LogP contribution >= 0.6 is 0 Å². The smallest absolute Gasteiger partial charge is 0.0616 e.